The van der Waals surface area contributed by atoms with Crippen molar-refractivity contribution in [2.24, 2.45) is 0 Å². The van der Waals surface area contributed by atoms with E-state index in [0.717, 1.165) is 30.5 Å². The Morgan fingerprint density at radius 1 is 1.05 bits per heavy atom. The van der Waals surface area contributed by atoms with Gasteiger partial charge in [-0.15, -0.1) is 0 Å². The van der Waals surface area contributed by atoms with E-state index in [9.17, 15) is 4.39 Å². The van der Waals surface area contributed by atoms with Crippen LogP contribution in [-0.4, -0.2) is 70.5 Å². The molecule has 2 heterocycles. The highest BCUT2D eigenvalue weighted by Crippen LogP contribution is 2.45. The average Bonchev–Trinajstić information content (AvgIpc) is 2.92. The monoisotopic (exact) mass is 612 g/mol. The van der Waals surface area contributed by atoms with Gasteiger partial charge in [-0.3, -0.25) is 4.31 Å². The van der Waals surface area contributed by atoms with E-state index >= 15 is 4.39 Å². The topological polar surface area (TPSA) is 50.3 Å². The van der Waals surface area contributed by atoms with Crippen LogP contribution in [0.4, 0.5) is 20.3 Å². The van der Waals surface area contributed by atoms with E-state index in [1.807, 2.05) is 25.1 Å². The molecule has 0 bridgehead atoms. The van der Waals surface area contributed by atoms with Gasteiger partial charge in [0.1, 0.15) is 27.9 Å². The van der Waals surface area contributed by atoms with Crippen molar-refractivity contribution in [1.29, 1.82) is 0 Å². The molecule has 2 aromatic carbocycles. The summed E-state index contributed by atoms with van der Waals surface area (Å²) < 4.78 is 48.2. The zero-order valence-electron chi connectivity index (χ0n) is 23.0. The van der Waals surface area contributed by atoms with Crippen LogP contribution in [0.1, 0.15) is 12.0 Å². The number of nitrogens with zero attached hydrogens (tertiary/aromatic N) is 4. The Balaban J connectivity index is 1.63. The van der Waals surface area contributed by atoms with Crippen LogP contribution in [-0.2, 0) is 11.3 Å². The molecular formula is C28H32Cl2F2N4O3S. The van der Waals surface area contributed by atoms with Crippen LogP contribution < -0.4 is 18.7 Å². The number of methoxy groups -OCH3 is 3. The lowest BCUT2D eigenvalue weighted by molar-refractivity contribution is -0.0430. The molecular weight excluding hydrogens is 581 g/mol. The normalized spacial score (nSPS) is 14.3. The van der Waals surface area contributed by atoms with Crippen LogP contribution in [0.15, 0.2) is 47.4 Å². The summed E-state index contributed by atoms with van der Waals surface area (Å²) in [5.41, 5.74) is 0.912. The molecule has 3 aromatic rings. The van der Waals surface area contributed by atoms with Gasteiger partial charge in [-0.05, 0) is 62.8 Å². The SMILES string of the molecule is COc1ccc(CN(Sc2c(Cl)cc(N3CC(CCN(C)C)(OC)C3)c(Cl)c2F)c2cccc(F)n2)c(OC)c1. The maximum absolute atomic E-state index is 15.8. The van der Waals surface area contributed by atoms with Gasteiger partial charge < -0.3 is 24.0 Å². The van der Waals surface area contributed by atoms with Crippen molar-refractivity contribution in [3.63, 3.8) is 0 Å². The molecule has 0 N–H and O–H groups in total. The summed E-state index contributed by atoms with van der Waals surface area (Å²) in [6.07, 6.45) is 0.833. The summed E-state index contributed by atoms with van der Waals surface area (Å²) in [5.74, 6) is 0.103. The quantitative estimate of drug-likeness (QED) is 0.130. The van der Waals surface area contributed by atoms with Gasteiger partial charge >= 0.3 is 0 Å². The Labute approximate surface area is 248 Å². The van der Waals surface area contributed by atoms with Crippen LogP contribution in [0, 0.1) is 11.8 Å². The minimum Gasteiger partial charge on any atom is -0.497 e. The molecule has 0 radical (unpaired) electrons. The first-order valence-corrected chi connectivity index (χ1v) is 14.0. The molecule has 0 aliphatic carbocycles. The molecule has 40 heavy (non-hydrogen) atoms. The summed E-state index contributed by atoms with van der Waals surface area (Å²) in [7, 11) is 8.81. The van der Waals surface area contributed by atoms with E-state index < -0.39 is 11.8 Å². The number of halogens is 4. The molecule has 7 nitrogen and oxygen atoms in total. The van der Waals surface area contributed by atoms with Gasteiger partial charge in [0.05, 0.1) is 36.4 Å². The number of hydrogen-bond acceptors (Lipinski definition) is 8. The second-order valence-corrected chi connectivity index (χ2v) is 11.6. The summed E-state index contributed by atoms with van der Waals surface area (Å²) in [5, 5.41) is 0.131. The molecule has 0 unspecified atom stereocenters. The zero-order valence-corrected chi connectivity index (χ0v) is 25.3. The van der Waals surface area contributed by atoms with Crippen molar-refractivity contribution in [3.8, 4) is 11.5 Å². The average molecular weight is 614 g/mol. The Morgan fingerprint density at radius 2 is 1.80 bits per heavy atom. The van der Waals surface area contributed by atoms with Crippen molar-refractivity contribution in [2.45, 2.75) is 23.5 Å². The summed E-state index contributed by atoms with van der Waals surface area (Å²) in [4.78, 5) is 8.16. The van der Waals surface area contributed by atoms with Gasteiger partial charge in [-0.25, -0.2) is 9.37 Å². The summed E-state index contributed by atoms with van der Waals surface area (Å²) in [6.45, 7) is 2.19. The Morgan fingerprint density at radius 3 is 2.42 bits per heavy atom. The van der Waals surface area contributed by atoms with Crippen molar-refractivity contribution in [1.82, 2.24) is 9.88 Å². The molecule has 12 heteroatoms. The number of benzene rings is 2. The lowest BCUT2D eigenvalue weighted by Crippen LogP contribution is -2.64. The van der Waals surface area contributed by atoms with Crippen LogP contribution in [0.25, 0.3) is 0 Å². The van der Waals surface area contributed by atoms with E-state index in [-0.39, 0.29) is 32.9 Å². The molecule has 0 atom stereocenters. The second kappa shape index (κ2) is 13.0. The predicted molar refractivity (Wildman–Crippen MR) is 157 cm³/mol. The predicted octanol–water partition coefficient (Wildman–Crippen LogP) is 6.55. The number of anilines is 2. The van der Waals surface area contributed by atoms with Gasteiger partial charge in [0.25, 0.3) is 0 Å². The van der Waals surface area contributed by atoms with Gasteiger partial charge in [0.2, 0.25) is 5.95 Å². The van der Waals surface area contributed by atoms with E-state index in [0.29, 0.717) is 30.3 Å². The molecule has 1 fully saturated rings. The second-order valence-electron chi connectivity index (χ2n) is 9.76. The number of pyridine rings is 1. The van der Waals surface area contributed by atoms with Crippen molar-refractivity contribution in [2.75, 3.05) is 64.3 Å². The molecule has 4 rings (SSSR count). The fourth-order valence-corrected chi connectivity index (χ4v) is 6.02. The highest BCUT2D eigenvalue weighted by Gasteiger charge is 2.44. The van der Waals surface area contributed by atoms with Crippen molar-refractivity contribution in [3.05, 3.63) is 69.8 Å². The third-order valence-corrected chi connectivity index (χ3v) is 8.70. The first-order valence-electron chi connectivity index (χ1n) is 12.5. The van der Waals surface area contributed by atoms with Gasteiger partial charge in [0, 0.05) is 38.4 Å². The van der Waals surface area contributed by atoms with Crippen LogP contribution in [0.2, 0.25) is 10.0 Å². The lowest BCUT2D eigenvalue weighted by atomic mass is 9.89. The molecule has 1 aliphatic rings. The number of rotatable bonds is 12. The summed E-state index contributed by atoms with van der Waals surface area (Å²) >= 11 is 14.2. The first-order chi connectivity index (χ1) is 19.1. The minimum atomic E-state index is -0.668. The largest absolute Gasteiger partial charge is 0.497 e. The third kappa shape index (κ3) is 6.69. The number of ether oxygens (including phenoxy) is 3. The minimum absolute atomic E-state index is 0.0432. The fourth-order valence-electron chi connectivity index (χ4n) is 4.46. The van der Waals surface area contributed by atoms with Crippen LogP contribution >= 0.6 is 35.1 Å². The zero-order chi connectivity index (χ0) is 29.0. The molecule has 1 aromatic heterocycles. The van der Waals surface area contributed by atoms with Gasteiger partial charge in [0.15, 0.2) is 5.82 Å². The molecule has 0 amide bonds. The van der Waals surface area contributed by atoms with Crippen molar-refractivity contribution < 1.29 is 23.0 Å². The Kier molecular flexibility index (Phi) is 9.89. The maximum Gasteiger partial charge on any atom is 0.214 e. The van der Waals surface area contributed by atoms with Crippen LogP contribution in [0.3, 0.4) is 0 Å². The summed E-state index contributed by atoms with van der Waals surface area (Å²) in [6, 6.07) is 11.4. The molecule has 216 valence electrons. The molecule has 0 spiro atoms. The first kappa shape index (κ1) is 30.5. The van der Waals surface area contributed by atoms with Gasteiger partial charge in [-0.2, -0.15) is 4.39 Å². The fraction of sp³-hybridized carbons (Fsp3) is 0.393. The standard InChI is InChI=1S/C28H32Cl2F2N4O3S/c1-34(2)12-11-28(39-5)16-35(17-28)21-14-20(29)27(26(32)25(21)30)40-36(24-8-6-7-23(31)33-24)15-18-9-10-19(37-3)13-22(18)38-4/h6-10,13-14H,11-12,15-17H2,1-5H3. The van der Waals surface area contributed by atoms with Crippen LogP contribution in [0.5, 0.6) is 11.5 Å². The smallest absolute Gasteiger partial charge is 0.214 e. The van der Waals surface area contributed by atoms with E-state index in [1.165, 1.54) is 12.1 Å². The maximum atomic E-state index is 15.8. The molecule has 1 aliphatic heterocycles. The van der Waals surface area contributed by atoms with Gasteiger partial charge in [-0.1, -0.05) is 29.3 Å². The molecule has 1 saturated heterocycles. The number of hydrogen-bond donors (Lipinski definition) is 0. The highest BCUT2D eigenvalue weighted by molar-refractivity contribution is 8.00. The van der Waals surface area contributed by atoms with Crippen molar-refractivity contribution >= 4 is 46.7 Å². The Hall–Kier alpha value is -2.50. The third-order valence-electron chi connectivity index (χ3n) is 6.81. The van der Waals surface area contributed by atoms with E-state index in [2.05, 4.69) is 9.88 Å². The van der Waals surface area contributed by atoms with E-state index in [1.54, 1.807) is 49.9 Å². The molecule has 0 saturated carbocycles. The highest BCUT2D eigenvalue weighted by atomic mass is 35.5. The number of aromatic nitrogens is 1. The van der Waals surface area contributed by atoms with E-state index in [4.69, 9.17) is 37.4 Å². The lowest BCUT2D eigenvalue weighted by Gasteiger charge is -2.51. The Bertz CT molecular complexity index is 1350.